The van der Waals surface area contributed by atoms with Crippen LogP contribution in [0.3, 0.4) is 0 Å². The van der Waals surface area contributed by atoms with Crippen LogP contribution < -0.4 is 10.1 Å². The van der Waals surface area contributed by atoms with Crippen molar-refractivity contribution in [2.45, 2.75) is 26.7 Å². The summed E-state index contributed by atoms with van der Waals surface area (Å²) in [5, 5.41) is 3.21. The van der Waals surface area contributed by atoms with E-state index in [2.05, 4.69) is 54.1 Å². The van der Waals surface area contributed by atoms with E-state index in [0.717, 1.165) is 45.7 Å². The van der Waals surface area contributed by atoms with Crippen LogP contribution in [0.1, 0.15) is 26.1 Å². The predicted octanol–water partition coefficient (Wildman–Crippen LogP) is 5.18. The van der Waals surface area contributed by atoms with Crippen LogP contribution in [0.4, 0.5) is 5.82 Å². The van der Waals surface area contributed by atoms with E-state index in [1.807, 2.05) is 31.2 Å². The third-order valence-electron chi connectivity index (χ3n) is 2.69. The number of nitrogens with one attached hydrogen (secondary N) is 1. The van der Waals surface area contributed by atoms with Crippen LogP contribution in [0, 0.1) is 0 Å². The van der Waals surface area contributed by atoms with Gasteiger partial charge >= 0.3 is 0 Å². The predicted molar refractivity (Wildman–Crippen MR) is 92.1 cm³/mol. The first-order valence-electron chi connectivity index (χ1n) is 6.87. The summed E-state index contributed by atoms with van der Waals surface area (Å²) in [7, 11) is 0. The first-order valence-corrected chi connectivity index (χ1v) is 8.45. The van der Waals surface area contributed by atoms with E-state index in [1.54, 1.807) is 0 Å². The van der Waals surface area contributed by atoms with Gasteiger partial charge in [-0.25, -0.2) is 4.98 Å². The molecule has 0 aliphatic carbocycles. The van der Waals surface area contributed by atoms with Crippen molar-refractivity contribution in [3.05, 3.63) is 39.0 Å². The molecule has 0 amide bonds. The Bertz CT molecular complexity index is 596. The van der Waals surface area contributed by atoms with Gasteiger partial charge in [-0.15, -0.1) is 0 Å². The largest absolute Gasteiger partial charge is 0.438 e. The number of aryl methyl sites for hydroxylation is 1. The van der Waals surface area contributed by atoms with E-state index >= 15 is 0 Å². The Morgan fingerprint density at radius 1 is 1.14 bits per heavy atom. The Morgan fingerprint density at radius 2 is 1.95 bits per heavy atom. The van der Waals surface area contributed by atoms with Crippen molar-refractivity contribution in [1.82, 2.24) is 9.97 Å². The van der Waals surface area contributed by atoms with Crippen molar-refractivity contribution in [3.8, 4) is 11.6 Å². The normalized spacial score (nSPS) is 10.5. The molecule has 0 radical (unpaired) electrons. The van der Waals surface area contributed by atoms with Crippen molar-refractivity contribution in [1.29, 1.82) is 0 Å². The van der Waals surface area contributed by atoms with Crippen LogP contribution in [0.2, 0.25) is 0 Å². The molecular weight excluding hydrogens is 398 g/mol. The number of nitrogens with zero attached hydrogens (tertiary/aromatic N) is 2. The fourth-order valence-corrected chi connectivity index (χ4v) is 2.93. The SMILES string of the molecule is CCCc1nc(NCC)cc(Oc2ccc(Br)cc2Br)n1. The molecule has 1 aromatic carbocycles. The molecule has 2 aromatic rings. The highest BCUT2D eigenvalue weighted by Crippen LogP contribution is 2.31. The summed E-state index contributed by atoms with van der Waals surface area (Å²) in [5.41, 5.74) is 0. The molecule has 0 saturated carbocycles. The number of benzene rings is 1. The van der Waals surface area contributed by atoms with Gasteiger partial charge in [-0.2, -0.15) is 4.98 Å². The summed E-state index contributed by atoms with van der Waals surface area (Å²) in [6.45, 7) is 4.95. The average molecular weight is 415 g/mol. The lowest BCUT2D eigenvalue weighted by molar-refractivity contribution is 0.456. The summed E-state index contributed by atoms with van der Waals surface area (Å²) in [6.07, 6.45) is 1.83. The molecule has 1 aromatic heterocycles. The molecule has 1 N–H and O–H groups in total. The van der Waals surface area contributed by atoms with Crippen LogP contribution in [0.15, 0.2) is 33.2 Å². The van der Waals surface area contributed by atoms with Gasteiger partial charge in [-0.1, -0.05) is 22.9 Å². The second-order valence-corrected chi connectivity index (χ2v) is 6.23. The van der Waals surface area contributed by atoms with E-state index < -0.39 is 0 Å². The highest BCUT2D eigenvalue weighted by molar-refractivity contribution is 9.11. The summed E-state index contributed by atoms with van der Waals surface area (Å²) >= 11 is 6.91. The van der Waals surface area contributed by atoms with Gasteiger partial charge in [0.15, 0.2) is 0 Å². The molecule has 0 atom stereocenters. The zero-order chi connectivity index (χ0) is 15.2. The Hall–Kier alpha value is -1.14. The molecule has 0 unspecified atom stereocenters. The second kappa shape index (κ2) is 7.75. The van der Waals surface area contributed by atoms with E-state index in [0.29, 0.717) is 5.88 Å². The van der Waals surface area contributed by atoms with Gasteiger partial charge in [-0.3, -0.25) is 0 Å². The average Bonchev–Trinajstić information content (AvgIpc) is 2.42. The quantitative estimate of drug-likeness (QED) is 0.707. The number of halogens is 2. The highest BCUT2D eigenvalue weighted by Gasteiger charge is 2.08. The number of anilines is 1. The zero-order valence-corrected chi connectivity index (χ0v) is 15.2. The van der Waals surface area contributed by atoms with Crippen LogP contribution in [-0.2, 0) is 6.42 Å². The molecule has 21 heavy (non-hydrogen) atoms. The van der Waals surface area contributed by atoms with E-state index in [4.69, 9.17) is 4.74 Å². The molecule has 0 bridgehead atoms. The fraction of sp³-hybridized carbons (Fsp3) is 0.333. The molecule has 0 spiro atoms. The maximum absolute atomic E-state index is 5.88. The van der Waals surface area contributed by atoms with Gasteiger partial charge in [-0.05, 0) is 47.5 Å². The Balaban J connectivity index is 2.29. The first kappa shape index (κ1) is 16.2. The molecule has 6 heteroatoms. The fourth-order valence-electron chi connectivity index (χ4n) is 1.80. The molecule has 0 saturated heterocycles. The Kier molecular flexibility index (Phi) is 5.99. The molecule has 0 fully saturated rings. The standard InChI is InChI=1S/C15H17Br2N3O/c1-3-5-13-19-14(18-4-2)9-15(20-13)21-12-7-6-10(16)8-11(12)17/h6-9H,3-5H2,1-2H3,(H,18,19,20). The van der Waals surface area contributed by atoms with Gasteiger partial charge in [0.2, 0.25) is 5.88 Å². The number of ether oxygens (including phenoxy) is 1. The molecule has 0 aliphatic heterocycles. The van der Waals surface area contributed by atoms with Gasteiger partial charge in [0, 0.05) is 23.5 Å². The third-order valence-corrected chi connectivity index (χ3v) is 3.80. The van der Waals surface area contributed by atoms with E-state index in [1.165, 1.54) is 0 Å². The number of hydrogen-bond acceptors (Lipinski definition) is 4. The van der Waals surface area contributed by atoms with Crippen LogP contribution in [-0.4, -0.2) is 16.5 Å². The minimum atomic E-state index is 0.549. The van der Waals surface area contributed by atoms with Gasteiger partial charge in [0.05, 0.1) is 4.47 Å². The minimum absolute atomic E-state index is 0.549. The van der Waals surface area contributed by atoms with E-state index in [9.17, 15) is 0 Å². The van der Waals surface area contributed by atoms with Crippen molar-refractivity contribution in [2.75, 3.05) is 11.9 Å². The first-order chi connectivity index (χ1) is 10.1. The zero-order valence-electron chi connectivity index (χ0n) is 12.0. The maximum Gasteiger partial charge on any atom is 0.224 e. The highest BCUT2D eigenvalue weighted by atomic mass is 79.9. The van der Waals surface area contributed by atoms with Crippen molar-refractivity contribution >= 4 is 37.7 Å². The third kappa shape index (κ3) is 4.68. The molecular formula is C15H17Br2N3O. The molecule has 2 rings (SSSR count). The molecule has 4 nitrogen and oxygen atoms in total. The topological polar surface area (TPSA) is 47.0 Å². The second-order valence-electron chi connectivity index (χ2n) is 4.46. The van der Waals surface area contributed by atoms with Crippen LogP contribution in [0.25, 0.3) is 0 Å². The molecule has 112 valence electrons. The summed E-state index contributed by atoms with van der Waals surface area (Å²) in [4.78, 5) is 8.93. The Labute approximate surface area is 141 Å². The van der Waals surface area contributed by atoms with Gasteiger partial charge < -0.3 is 10.1 Å². The van der Waals surface area contributed by atoms with Crippen molar-refractivity contribution in [2.24, 2.45) is 0 Å². The van der Waals surface area contributed by atoms with Crippen molar-refractivity contribution < 1.29 is 4.74 Å². The van der Waals surface area contributed by atoms with Crippen LogP contribution >= 0.6 is 31.9 Å². The Morgan fingerprint density at radius 3 is 2.62 bits per heavy atom. The monoisotopic (exact) mass is 413 g/mol. The maximum atomic E-state index is 5.88. The number of rotatable bonds is 6. The number of hydrogen-bond donors (Lipinski definition) is 1. The number of aromatic nitrogens is 2. The van der Waals surface area contributed by atoms with Crippen molar-refractivity contribution in [3.63, 3.8) is 0 Å². The smallest absolute Gasteiger partial charge is 0.224 e. The van der Waals surface area contributed by atoms with Gasteiger partial charge in [0.25, 0.3) is 0 Å². The lowest BCUT2D eigenvalue weighted by Crippen LogP contribution is -2.04. The summed E-state index contributed by atoms with van der Waals surface area (Å²) in [5.74, 6) is 2.85. The van der Waals surface area contributed by atoms with Crippen LogP contribution in [0.5, 0.6) is 11.6 Å². The summed E-state index contributed by atoms with van der Waals surface area (Å²) in [6, 6.07) is 7.58. The lowest BCUT2D eigenvalue weighted by atomic mass is 10.3. The van der Waals surface area contributed by atoms with Gasteiger partial charge in [0.1, 0.15) is 17.4 Å². The summed E-state index contributed by atoms with van der Waals surface area (Å²) < 4.78 is 7.74. The molecule has 1 heterocycles. The minimum Gasteiger partial charge on any atom is -0.438 e. The lowest BCUT2D eigenvalue weighted by Gasteiger charge is -2.11. The van der Waals surface area contributed by atoms with E-state index in [-0.39, 0.29) is 0 Å². The molecule has 0 aliphatic rings.